The third-order valence-corrected chi connectivity index (χ3v) is 5.65. The zero-order valence-electron chi connectivity index (χ0n) is 15.5. The fourth-order valence-corrected chi connectivity index (χ4v) is 3.88. The molecule has 1 aromatic heterocycles. The van der Waals surface area contributed by atoms with Crippen molar-refractivity contribution in [1.29, 1.82) is 0 Å². The third-order valence-electron chi connectivity index (χ3n) is 4.11. The Balaban J connectivity index is 1.84. The first-order valence-corrected chi connectivity index (χ1v) is 10.9. The van der Waals surface area contributed by atoms with Gasteiger partial charge in [-0.15, -0.1) is 0 Å². The molecule has 1 aromatic carbocycles. The molecule has 148 valence electrons. The first-order valence-electron chi connectivity index (χ1n) is 8.66. The van der Waals surface area contributed by atoms with Crippen molar-refractivity contribution >= 4 is 27.6 Å². The summed E-state index contributed by atoms with van der Waals surface area (Å²) in [6.07, 6.45) is 3.82. The highest BCUT2D eigenvalue weighted by Gasteiger charge is 2.17. The average molecular weight is 414 g/mol. The van der Waals surface area contributed by atoms with Gasteiger partial charge in [0.15, 0.2) is 0 Å². The maximum absolute atomic E-state index is 12.0. The van der Waals surface area contributed by atoms with Gasteiger partial charge >= 0.3 is 5.97 Å². The number of nitrogens with zero attached hydrogens (tertiary/aromatic N) is 1. The molecule has 0 saturated heterocycles. The number of rotatable bonds is 10. The van der Waals surface area contributed by atoms with Gasteiger partial charge in [-0.05, 0) is 49.1 Å². The SMILES string of the molecule is COC(=O)c1ccc(CCCN(CCCc2cccc(Cl)c2)S(C)(=O)=O)o1. The number of benzene rings is 1. The molecule has 0 unspecified atom stereocenters. The lowest BCUT2D eigenvalue weighted by Crippen LogP contribution is -2.32. The molecule has 0 aliphatic carbocycles. The van der Waals surface area contributed by atoms with Gasteiger partial charge < -0.3 is 9.15 Å². The van der Waals surface area contributed by atoms with E-state index < -0.39 is 16.0 Å². The Morgan fingerprint density at radius 3 is 2.48 bits per heavy atom. The molecule has 0 spiro atoms. The van der Waals surface area contributed by atoms with E-state index in [1.54, 1.807) is 12.1 Å². The Hall–Kier alpha value is -1.83. The summed E-state index contributed by atoms with van der Waals surface area (Å²) in [7, 11) is -2.00. The molecular weight excluding hydrogens is 390 g/mol. The number of esters is 1. The number of furan rings is 1. The molecule has 0 aliphatic rings. The highest BCUT2D eigenvalue weighted by molar-refractivity contribution is 7.88. The zero-order chi connectivity index (χ0) is 19.9. The van der Waals surface area contributed by atoms with E-state index in [1.165, 1.54) is 17.7 Å². The molecule has 0 amide bonds. The number of hydrogen-bond donors (Lipinski definition) is 0. The van der Waals surface area contributed by atoms with Crippen molar-refractivity contribution in [2.75, 3.05) is 26.5 Å². The van der Waals surface area contributed by atoms with Gasteiger partial charge in [0.1, 0.15) is 5.76 Å². The summed E-state index contributed by atoms with van der Waals surface area (Å²) < 4.78 is 35.5. The summed E-state index contributed by atoms with van der Waals surface area (Å²) >= 11 is 5.97. The number of methoxy groups -OCH3 is 1. The maximum atomic E-state index is 12.0. The van der Waals surface area contributed by atoms with Crippen LogP contribution in [0.4, 0.5) is 0 Å². The van der Waals surface area contributed by atoms with Crippen LogP contribution in [0.2, 0.25) is 5.02 Å². The predicted molar refractivity (Wildman–Crippen MR) is 105 cm³/mol. The fourth-order valence-electron chi connectivity index (χ4n) is 2.75. The molecule has 0 radical (unpaired) electrons. The Morgan fingerprint density at radius 2 is 1.85 bits per heavy atom. The molecule has 27 heavy (non-hydrogen) atoms. The minimum Gasteiger partial charge on any atom is -0.463 e. The lowest BCUT2D eigenvalue weighted by molar-refractivity contribution is 0.0563. The predicted octanol–water partition coefficient (Wildman–Crippen LogP) is 3.55. The Labute approximate surface area is 165 Å². The van der Waals surface area contributed by atoms with Crippen molar-refractivity contribution in [3.8, 4) is 0 Å². The minimum absolute atomic E-state index is 0.147. The van der Waals surface area contributed by atoms with E-state index in [9.17, 15) is 13.2 Å². The van der Waals surface area contributed by atoms with Crippen LogP contribution in [-0.2, 0) is 27.6 Å². The van der Waals surface area contributed by atoms with Gasteiger partial charge in [0, 0.05) is 24.5 Å². The number of halogens is 1. The van der Waals surface area contributed by atoms with Crippen LogP contribution in [0, 0.1) is 0 Å². The Morgan fingerprint density at radius 1 is 1.15 bits per heavy atom. The molecule has 0 fully saturated rings. The summed E-state index contributed by atoms with van der Waals surface area (Å²) in [5.74, 6) is 0.247. The van der Waals surface area contributed by atoms with E-state index in [0.29, 0.717) is 43.1 Å². The van der Waals surface area contributed by atoms with E-state index in [1.807, 2.05) is 24.3 Å². The average Bonchev–Trinajstić information content (AvgIpc) is 3.08. The molecule has 0 bridgehead atoms. The molecule has 0 aliphatic heterocycles. The summed E-state index contributed by atoms with van der Waals surface area (Å²) in [6.45, 7) is 0.833. The van der Waals surface area contributed by atoms with Gasteiger partial charge in [0.05, 0.1) is 13.4 Å². The fraction of sp³-hybridized carbons (Fsp3) is 0.421. The number of carbonyl (C=O) groups is 1. The number of sulfonamides is 1. The van der Waals surface area contributed by atoms with Crippen LogP contribution in [0.1, 0.15) is 34.7 Å². The number of aryl methyl sites for hydroxylation is 2. The summed E-state index contributed by atoms with van der Waals surface area (Å²) in [4.78, 5) is 11.4. The van der Waals surface area contributed by atoms with Crippen LogP contribution in [0.15, 0.2) is 40.8 Å². The van der Waals surface area contributed by atoms with Gasteiger partial charge in [-0.3, -0.25) is 0 Å². The molecule has 0 atom stereocenters. The van der Waals surface area contributed by atoms with Crippen LogP contribution in [0.25, 0.3) is 0 Å². The standard InChI is InChI=1S/C19H24ClNO5S/c1-25-19(22)18-11-10-17(26-18)9-5-13-21(27(2,23)24)12-4-7-15-6-3-8-16(20)14-15/h3,6,8,10-11,14H,4-5,7,9,12-13H2,1-2H3. The largest absolute Gasteiger partial charge is 0.463 e. The third kappa shape index (κ3) is 7.01. The summed E-state index contributed by atoms with van der Waals surface area (Å²) in [5.41, 5.74) is 1.09. The van der Waals surface area contributed by atoms with E-state index in [4.69, 9.17) is 16.0 Å². The maximum Gasteiger partial charge on any atom is 0.373 e. The quantitative estimate of drug-likeness (QED) is 0.557. The Bertz CT molecular complexity index is 862. The molecule has 6 nitrogen and oxygen atoms in total. The molecule has 1 heterocycles. The van der Waals surface area contributed by atoms with Crippen LogP contribution in [0.5, 0.6) is 0 Å². The van der Waals surface area contributed by atoms with Crippen molar-refractivity contribution in [1.82, 2.24) is 4.31 Å². The lowest BCUT2D eigenvalue weighted by Gasteiger charge is -2.19. The number of carbonyl (C=O) groups excluding carboxylic acids is 1. The van der Waals surface area contributed by atoms with Crippen molar-refractivity contribution in [2.24, 2.45) is 0 Å². The molecule has 0 N–H and O–H groups in total. The van der Waals surface area contributed by atoms with E-state index in [0.717, 1.165) is 12.0 Å². The van der Waals surface area contributed by atoms with E-state index in [-0.39, 0.29) is 5.76 Å². The van der Waals surface area contributed by atoms with E-state index >= 15 is 0 Å². The number of hydrogen-bond acceptors (Lipinski definition) is 5. The molecule has 2 rings (SSSR count). The summed E-state index contributed by atoms with van der Waals surface area (Å²) in [6, 6.07) is 10.8. The van der Waals surface area contributed by atoms with Crippen LogP contribution in [-0.4, -0.2) is 45.1 Å². The topological polar surface area (TPSA) is 76.8 Å². The van der Waals surface area contributed by atoms with Crippen molar-refractivity contribution in [3.05, 3.63) is 58.5 Å². The van der Waals surface area contributed by atoms with Gasteiger partial charge in [-0.25, -0.2) is 17.5 Å². The summed E-state index contributed by atoms with van der Waals surface area (Å²) in [5, 5.41) is 0.678. The van der Waals surface area contributed by atoms with Gasteiger partial charge in [-0.2, -0.15) is 0 Å². The zero-order valence-corrected chi connectivity index (χ0v) is 17.1. The number of ether oxygens (including phenoxy) is 1. The molecule has 2 aromatic rings. The highest BCUT2D eigenvalue weighted by Crippen LogP contribution is 2.14. The monoisotopic (exact) mass is 413 g/mol. The normalized spacial score (nSPS) is 11.7. The molecule has 0 saturated carbocycles. The molecular formula is C19H24ClNO5S. The van der Waals surface area contributed by atoms with Crippen LogP contribution in [0.3, 0.4) is 0 Å². The minimum atomic E-state index is -3.29. The van der Waals surface area contributed by atoms with Crippen LogP contribution < -0.4 is 0 Å². The van der Waals surface area contributed by atoms with E-state index in [2.05, 4.69) is 4.74 Å². The molecule has 8 heteroatoms. The van der Waals surface area contributed by atoms with Gasteiger partial charge in [-0.1, -0.05) is 23.7 Å². The second-order valence-electron chi connectivity index (χ2n) is 6.26. The Kier molecular flexibility index (Phi) is 7.89. The second-order valence-corrected chi connectivity index (χ2v) is 8.68. The highest BCUT2D eigenvalue weighted by atomic mass is 35.5. The first kappa shape index (κ1) is 21.5. The van der Waals surface area contributed by atoms with Gasteiger partial charge in [0.25, 0.3) is 0 Å². The van der Waals surface area contributed by atoms with Crippen molar-refractivity contribution in [2.45, 2.75) is 25.7 Å². The van der Waals surface area contributed by atoms with Crippen molar-refractivity contribution < 1.29 is 22.4 Å². The second kappa shape index (κ2) is 9.92. The van der Waals surface area contributed by atoms with Crippen LogP contribution >= 0.6 is 11.6 Å². The first-order chi connectivity index (χ1) is 12.8. The van der Waals surface area contributed by atoms with Gasteiger partial charge in [0.2, 0.25) is 15.8 Å². The smallest absolute Gasteiger partial charge is 0.373 e. The lowest BCUT2D eigenvalue weighted by atomic mass is 10.1. The van der Waals surface area contributed by atoms with Crippen molar-refractivity contribution in [3.63, 3.8) is 0 Å².